The first kappa shape index (κ1) is 19.4. The molecule has 1 saturated heterocycles. The Morgan fingerprint density at radius 2 is 2.07 bits per heavy atom. The molecule has 0 radical (unpaired) electrons. The Morgan fingerprint density at radius 1 is 1.33 bits per heavy atom. The summed E-state index contributed by atoms with van der Waals surface area (Å²) in [7, 11) is -2.56. The van der Waals surface area contributed by atoms with Gasteiger partial charge in [0.2, 0.25) is 0 Å². The minimum atomic E-state index is -4.27. The van der Waals surface area contributed by atoms with E-state index >= 15 is 0 Å². The molecule has 0 bridgehead atoms. The van der Waals surface area contributed by atoms with E-state index in [9.17, 15) is 13.5 Å². The number of nitrogens with zero attached hydrogens (tertiary/aromatic N) is 4. The van der Waals surface area contributed by atoms with E-state index < -0.39 is 16.2 Å². The third kappa shape index (κ3) is 3.43. The van der Waals surface area contributed by atoms with Crippen LogP contribution in [0.25, 0.3) is 0 Å². The molecule has 10 heteroatoms. The van der Waals surface area contributed by atoms with Gasteiger partial charge in [0.1, 0.15) is 0 Å². The Kier molecular flexibility index (Phi) is 4.70. The minimum absolute atomic E-state index is 0.0982. The normalized spacial score (nSPS) is 20.2. The SMILES string of the molecule is Cn1cc(N(CC2CCCO2)S(=O)(=O)/N=C(\[O-])Nc2c3c(cc4c2CC4)CC3)cn1. The van der Waals surface area contributed by atoms with Crippen molar-refractivity contribution in [3.05, 3.63) is 40.7 Å². The highest BCUT2D eigenvalue weighted by atomic mass is 32.2. The van der Waals surface area contributed by atoms with Crippen molar-refractivity contribution in [2.45, 2.75) is 44.6 Å². The van der Waals surface area contributed by atoms with Gasteiger partial charge >= 0.3 is 10.2 Å². The van der Waals surface area contributed by atoms with Crippen molar-refractivity contribution in [3.63, 3.8) is 0 Å². The number of rotatable bonds is 6. The Bertz CT molecular complexity index is 1090. The van der Waals surface area contributed by atoms with Crippen molar-refractivity contribution in [1.82, 2.24) is 9.78 Å². The summed E-state index contributed by atoms with van der Waals surface area (Å²) in [6.45, 7) is 0.703. The Labute approximate surface area is 175 Å². The summed E-state index contributed by atoms with van der Waals surface area (Å²) in [6, 6.07) is 1.33. The molecule has 0 saturated carbocycles. The van der Waals surface area contributed by atoms with Crippen LogP contribution in [0.15, 0.2) is 22.9 Å². The number of hydrogen-bond donors (Lipinski definition) is 1. The predicted octanol–water partition coefficient (Wildman–Crippen LogP) is 0.676. The number of aryl methyl sites for hydroxylation is 3. The topological polar surface area (TPSA) is 112 Å². The smallest absolute Gasteiger partial charge is 0.345 e. The van der Waals surface area contributed by atoms with Gasteiger partial charge in [-0.15, -0.1) is 4.40 Å². The highest BCUT2D eigenvalue weighted by molar-refractivity contribution is 7.91. The molecule has 160 valence electrons. The summed E-state index contributed by atoms with van der Waals surface area (Å²) < 4.78 is 37.9. The number of benzene rings is 1. The van der Waals surface area contributed by atoms with Crippen molar-refractivity contribution >= 4 is 27.6 Å². The van der Waals surface area contributed by atoms with Gasteiger partial charge in [-0.2, -0.15) is 13.5 Å². The van der Waals surface area contributed by atoms with Gasteiger partial charge in [-0.3, -0.25) is 4.68 Å². The number of anilines is 2. The standard InChI is InChI=1S/C20H25N5O4S/c1-24-11-15(10-21-24)25(12-16-3-2-8-29-16)30(27,28)23-20(26)22-19-17-6-4-13(17)9-14-5-7-18(14)19/h9-11,16H,2-8,12H2,1H3,(H2,22,23,26)/p-1. The maximum Gasteiger partial charge on any atom is 0.345 e. The van der Waals surface area contributed by atoms with Crippen LogP contribution < -0.4 is 14.7 Å². The zero-order chi connectivity index (χ0) is 20.9. The molecule has 1 aromatic carbocycles. The quantitative estimate of drug-likeness (QED) is 0.533. The molecule has 9 nitrogen and oxygen atoms in total. The van der Waals surface area contributed by atoms with Crippen LogP contribution in [0.1, 0.15) is 35.1 Å². The van der Waals surface area contributed by atoms with Crippen molar-refractivity contribution in [2.24, 2.45) is 11.4 Å². The molecular formula is C20H24N5O4S-. The highest BCUT2D eigenvalue weighted by Gasteiger charge is 2.30. The second kappa shape index (κ2) is 7.28. The Balaban J connectivity index is 1.43. The van der Waals surface area contributed by atoms with E-state index in [0.717, 1.165) is 59.6 Å². The molecule has 1 atom stereocenters. The lowest BCUT2D eigenvalue weighted by molar-refractivity contribution is -0.213. The van der Waals surface area contributed by atoms with Crippen LogP contribution in [0.2, 0.25) is 0 Å². The van der Waals surface area contributed by atoms with Crippen LogP contribution in [0.4, 0.5) is 11.4 Å². The van der Waals surface area contributed by atoms with E-state index in [-0.39, 0.29) is 12.6 Å². The lowest BCUT2D eigenvalue weighted by atomic mass is 9.76. The number of fused-ring (bicyclic) bond motifs is 2. The van der Waals surface area contributed by atoms with Crippen LogP contribution in [0.3, 0.4) is 0 Å². The summed E-state index contributed by atoms with van der Waals surface area (Å²) in [6.07, 6.45) is 8.23. The summed E-state index contributed by atoms with van der Waals surface area (Å²) in [5.74, 6) is 0. The molecule has 5 rings (SSSR count). The molecule has 1 N–H and O–H groups in total. The lowest BCUT2D eigenvalue weighted by Gasteiger charge is -2.33. The third-order valence-corrected chi connectivity index (χ3v) is 7.41. The van der Waals surface area contributed by atoms with E-state index in [1.165, 1.54) is 22.0 Å². The van der Waals surface area contributed by atoms with Crippen LogP contribution in [-0.4, -0.2) is 43.5 Å². The molecule has 2 aliphatic carbocycles. The molecule has 0 spiro atoms. The van der Waals surface area contributed by atoms with Crippen LogP contribution in [0, 0.1) is 0 Å². The minimum Gasteiger partial charge on any atom is -0.845 e. The average Bonchev–Trinajstić information content (AvgIpc) is 3.27. The molecule has 1 unspecified atom stereocenters. The maximum atomic E-state index is 13.1. The van der Waals surface area contributed by atoms with Crippen LogP contribution in [-0.2, 0) is 47.7 Å². The fourth-order valence-corrected chi connectivity index (χ4v) is 5.42. The fourth-order valence-electron chi connectivity index (χ4n) is 4.35. The molecule has 2 heterocycles. The molecule has 0 amide bonds. The Morgan fingerprint density at radius 3 is 2.60 bits per heavy atom. The van der Waals surface area contributed by atoms with E-state index in [0.29, 0.717) is 12.3 Å². The number of ether oxygens (including phenoxy) is 1. The monoisotopic (exact) mass is 430 g/mol. The summed E-state index contributed by atoms with van der Waals surface area (Å²) in [5.41, 5.74) is 5.81. The van der Waals surface area contributed by atoms with Crippen LogP contribution >= 0.6 is 0 Å². The first-order valence-electron chi connectivity index (χ1n) is 10.2. The molecular weight excluding hydrogens is 406 g/mol. The second-order valence-electron chi connectivity index (χ2n) is 8.06. The molecule has 1 fully saturated rings. The largest absolute Gasteiger partial charge is 0.845 e. The van der Waals surface area contributed by atoms with Gasteiger partial charge in [0.25, 0.3) is 0 Å². The molecule has 3 aliphatic rings. The zero-order valence-corrected chi connectivity index (χ0v) is 17.6. The third-order valence-electron chi connectivity index (χ3n) is 6.10. The highest BCUT2D eigenvalue weighted by Crippen LogP contribution is 2.40. The molecule has 1 aromatic heterocycles. The van der Waals surface area contributed by atoms with E-state index in [1.54, 1.807) is 13.2 Å². The van der Waals surface area contributed by atoms with Crippen molar-refractivity contribution < 1.29 is 18.3 Å². The summed E-state index contributed by atoms with van der Waals surface area (Å²) in [5, 5.41) is 19.5. The molecule has 30 heavy (non-hydrogen) atoms. The summed E-state index contributed by atoms with van der Waals surface area (Å²) in [4.78, 5) is 0. The lowest BCUT2D eigenvalue weighted by Crippen LogP contribution is -2.39. The van der Waals surface area contributed by atoms with E-state index in [4.69, 9.17) is 4.74 Å². The van der Waals surface area contributed by atoms with Gasteiger partial charge in [0, 0.05) is 25.5 Å². The van der Waals surface area contributed by atoms with Crippen LogP contribution in [0.5, 0.6) is 0 Å². The average molecular weight is 431 g/mol. The van der Waals surface area contributed by atoms with Gasteiger partial charge < -0.3 is 15.2 Å². The second-order valence-corrected chi connectivity index (χ2v) is 9.58. The number of hydrogen-bond acceptors (Lipinski definition) is 5. The first-order chi connectivity index (χ1) is 14.4. The number of nitrogens with one attached hydrogen (secondary N) is 1. The van der Waals surface area contributed by atoms with Crippen molar-refractivity contribution in [1.29, 1.82) is 0 Å². The Hall–Kier alpha value is -2.59. The number of aromatic nitrogens is 2. The van der Waals surface area contributed by atoms with Gasteiger partial charge in [-0.25, -0.2) is 4.31 Å². The zero-order valence-electron chi connectivity index (χ0n) is 16.8. The van der Waals surface area contributed by atoms with Gasteiger partial charge in [0.15, 0.2) is 0 Å². The predicted molar refractivity (Wildman–Crippen MR) is 111 cm³/mol. The molecule has 1 aliphatic heterocycles. The fraction of sp³-hybridized carbons (Fsp3) is 0.500. The molecule has 2 aromatic rings. The van der Waals surface area contributed by atoms with Gasteiger partial charge in [-0.1, -0.05) is 6.07 Å². The van der Waals surface area contributed by atoms with Crippen molar-refractivity contribution in [3.8, 4) is 0 Å². The van der Waals surface area contributed by atoms with Crippen molar-refractivity contribution in [2.75, 3.05) is 22.8 Å². The van der Waals surface area contributed by atoms with Gasteiger partial charge in [-0.05, 0) is 60.8 Å². The first-order valence-corrected chi connectivity index (χ1v) is 11.6. The summed E-state index contributed by atoms with van der Waals surface area (Å²) >= 11 is 0. The van der Waals surface area contributed by atoms with E-state index in [2.05, 4.69) is 20.9 Å². The number of amidine groups is 1. The maximum absolute atomic E-state index is 13.1. The van der Waals surface area contributed by atoms with E-state index in [1.807, 2.05) is 0 Å². The van der Waals surface area contributed by atoms with Gasteiger partial charge in [0.05, 0.1) is 30.6 Å².